The third-order valence-electron chi connectivity index (χ3n) is 17.3. The molecule has 4 fully saturated rings. The number of carboxylic acids is 1. The number of amides is 5. The number of unbranched alkanes of at least 4 members (excludes halogenated alkanes) is 2. The van der Waals surface area contributed by atoms with Crippen molar-refractivity contribution in [2.45, 2.75) is 123 Å². The fourth-order valence-electron chi connectivity index (χ4n) is 14.7. The number of carboxylic acid groups (broad SMARTS) is 1. The van der Waals surface area contributed by atoms with Crippen LogP contribution in [-0.2, 0) is 56.4 Å². The van der Waals surface area contributed by atoms with E-state index in [0.29, 0.717) is 67.8 Å². The Labute approximate surface area is 481 Å². The smallest absolute Gasteiger partial charge is 0.409 e. The van der Waals surface area contributed by atoms with E-state index in [4.69, 9.17) is 19.6 Å². The first-order valence-corrected chi connectivity index (χ1v) is 29.3. The molecule has 12 rings (SSSR count). The monoisotopic (exact) mass is 1130 g/mol. The van der Waals surface area contributed by atoms with Gasteiger partial charge in [-0.3, -0.25) is 34.1 Å². The summed E-state index contributed by atoms with van der Waals surface area (Å²) in [6.07, 6.45) is 14.0. The number of pyridine rings is 1. The molecule has 0 spiro atoms. The summed E-state index contributed by atoms with van der Waals surface area (Å²) in [6.45, 7) is 9.94. The van der Waals surface area contributed by atoms with Crippen LogP contribution in [0.1, 0.15) is 127 Å². The van der Waals surface area contributed by atoms with Crippen molar-refractivity contribution in [3.63, 3.8) is 0 Å². The minimum absolute atomic E-state index is 0.0516. The molecule has 4 aliphatic carbocycles. The zero-order valence-electron chi connectivity index (χ0n) is 47.1. The van der Waals surface area contributed by atoms with Crippen LogP contribution in [0, 0.1) is 29.2 Å². The van der Waals surface area contributed by atoms with Gasteiger partial charge in [-0.05, 0) is 146 Å². The number of aromatic carboxylic acids is 1. The lowest BCUT2D eigenvalue weighted by atomic mass is 9.39. The number of thiazole rings is 1. The average Bonchev–Trinajstić information content (AvgIpc) is 0.863. The summed E-state index contributed by atoms with van der Waals surface area (Å²) in [5, 5.41) is 22.0. The van der Waals surface area contributed by atoms with Gasteiger partial charge in [0.05, 0.1) is 28.6 Å². The van der Waals surface area contributed by atoms with E-state index in [9.17, 15) is 33.9 Å². The van der Waals surface area contributed by atoms with E-state index in [1.807, 2.05) is 84.6 Å². The van der Waals surface area contributed by atoms with Gasteiger partial charge >= 0.3 is 12.1 Å². The van der Waals surface area contributed by atoms with Gasteiger partial charge in [0.25, 0.3) is 17.7 Å². The van der Waals surface area contributed by atoms with Crippen LogP contribution in [0.25, 0.3) is 21.3 Å². The summed E-state index contributed by atoms with van der Waals surface area (Å²) in [4.78, 5) is 89.6. The Balaban J connectivity index is 0.665. The molecule has 0 saturated heterocycles. The Bertz CT molecular complexity index is 3430. The van der Waals surface area contributed by atoms with Gasteiger partial charge in [-0.1, -0.05) is 74.1 Å². The van der Waals surface area contributed by atoms with Crippen LogP contribution in [0.15, 0.2) is 91.1 Å². The number of aromatic nitrogens is 4. The summed E-state index contributed by atoms with van der Waals surface area (Å²) in [7, 11) is 1.73. The van der Waals surface area contributed by atoms with E-state index >= 15 is 0 Å². The lowest BCUT2D eigenvalue weighted by molar-refractivity contribution is -0.248. The number of hydrogen-bond donors (Lipinski definition) is 3. The van der Waals surface area contributed by atoms with Gasteiger partial charge in [0.2, 0.25) is 5.91 Å². The first kappa shape index (κ1) is 56.1. The number of rotatable bonds is 22. The number of hydrogen-bond acceptors (Lipinski definition) is 13. The molecule has 1 radical (unpaired) electrons. The first-order chi connectivity index (χ1) is 39.4. The molecular formula is C63H70N9O9S. The topological polar surface area (TPSA) is 218 Å². The van der Waals surface area contributed by atoms with Crippen LogP contribution in [0.4, 0.5) is 15.7 Å². The number of carbonyl (C=O) groups excluding carboxylic acids is 5. The van der Waals surface area contributed by atoms with Crippen LogP contribution in [-0.4, -0.2) is 116 Å². The molecule has 2 aliphatic heterocycles. The maximum atomic E-state index is 13.7. The maximum absolute atomic E-state index is 13.7. The Hall–Kier alpha value is -7.77. The summed E-state index contributed by atoms with van der Waals surface area (Å²) < 4.78 is 15.7. The van der Waals surface area contributed by atoms with Crippen LogP contribution >= 0.6 is 11.3 Å². The fourth-order valence-corrected chi connectivity index (χ4v) is 15.6. The van der Waals surface area contributed by atoms with Crippen molar-refractivity contribution in [3.05, 3.63) is 136 Å². The summed E-state index contributed by atoms with van der Waals surface area (Å²) in [6, 6.07) is 26.4. The van der Waals surface area contributed by atoms with E-state index in [2.05, 4.69) is 40.2 Å². The van der Waals surface area contributed by atoms with Gasteiger partial charge in [-0.25, -0.2) is 19.6 Å². The average molecular weight is 1130 g/mol. The minimum Gasteiger partial charge on any atom is -0.476 e. The summed E-state index contributed by atoms with van der Waals surface area (Å²) in [5.74, 6) is -1.81. The van der Waals surface area contributed by atoms with Crippen LogP contribution in [0.2, 0.25) is 0 Å². The molecule has 3 aromatic carbocycles. The second-order valence-corrected chi connectivity index (χ2v) is 25.2. The van der Waals surface area contributed by atoms with Gasteiger partial charge < -0.3 is 29.7 Å². The van der Waals surface area contributed by atoms with E-state index < -0.39 is 12.1 Å². The van der Waals surface area contributed by atoms with Crippen molar-refractivity contribution in [3.8, 4) is 11.1 Å². The number of anilines is 2. The van der Waals surface area contributed by atoms with E-state index in [1.54, 1.807) is 18.1 Å². The first-order valence-electron chi connectivity index (χ1n) is 28.5. The largest absolute Gasteiger partial charge is 0.476 e. The third kappa shape index (κ3) is 12.1. The van der Waals surface area contributed by atoms with Crippen molar-refractivity contribution < 1.29 is 43.3 Å². The second kappa shape index (κ2) is 22.9. The number of ether oxygens (including phenoxy) is 2. The lowest BCUT2D eigenvalue weighted by Crippen LogP contribution is -2.64. The maximum Gasteiger partial charge on any atom is 0.409 e. The van der Waals surface area contributed by atoms with Gasteiger partial charge in [-0.2, -0.15) is 5.10 Å². The number of carbonyl (C=O) groups is 6. The molecule has 18 nitrogen and oxygen atoms in total. The van der Waals surface area contributed by atoms with E-state index in [1.165, 1.54) is 23.5 Å². The third-order valence-corrected chi connectivity index (χ3v) is 18.3. The quantitative estimate of drug-likeness (QED) is 0.0427. The van der Waals surface area contributed by atoms with E-state index in [-0.39, 0.29) is 70.7 Å². The highest BCUT2D eigenvalue weighted by Crippen LogP contribution is 2.72. The van der Waals surface area contributed by atoms with Gasteiger partial charge in [0, 0.05) is 87.3 Å². The number of aryl methyl sites for hydroxylation is 1. The van der Waals surface area contributed by atoms with Crippen molar-refractivity contribution in [1.82, 2.24) is 34.9 Å². The Kier molecular flexibility index (Phi) is 15.7. The Morgan fingerprint density at radius 3 is 2.43 bits per heavy atom. The predicted octanol–water partition coefficient (Wildman–Crippen LogP) is 9.73. The lowest BCUT2D eigenvalue weighted by Gasteiger charge is -2.69. The Morgan fingerprint density at radius 2 is 1.67 bits per heavy atom. The minimum atomic E-state index is -1.13. The Morgan fingerprint density at radius 1 is 0.878 bits per heavy atom. The SMILES string of the molecule is Cc1c(-c2ccc(N3CCc4cccc(C(=O)Nc5nc6ccccc6s5)c4C3)nc2C(=O)O)cnn1CC12CC3(C)CC(C)(C1)CC(OCCN(C)C(=O)OCc1[c]cc(CCCCCNC(=O)CCN4C(=O)C=CC4=O)cc1)(C3)C2. The molecule has 6 aliphatic rings. The van der Waals surface area contributed by atoms with Gasteiger partial charge in [0.15, 0.2) is 10.8 Å². The number of imide groups is 1. The van der Waals surface area contributed by atoms with E-state index in [0.717, 1.165) is 113 Å². The molecule has 4 bridgehead atoms. The molecule has 19 heteroatoms. The summed E-state index contributed by atoms with van der Waals surface area (Å²) >= 11 is 1.43. The molecule has 82 heavy (non-hydrogen) atoms. The highest BCUT2D eigenvalue weighted by molar-refractivity contribution is 7.22. The van der Waals surface area contributed by atoms with Crippen molar-refractivity contribution in [2.75, 3.05) is 50.1 Å². The molecule has 3 aromatic heterocycles. The zero-order chi connectivity index (χ0) is 57.4. The zero-order valence-corrected chi connectivity index (χ0v) is 47.9. The molecular weight excluding hydrogens is 1060 g/mol. The molecule has 3 N–H and O–H groups in total. The molecule has 6 aromatic rings. The van der Waals surface area contributed by atoms with Crippen LogP contribution in [0.5, 0.6) is 0 Å². The fraction of sp³-hybridized carbons (Fsp3) is 0.444. The summed E-state index contributed by atoms with van der Waals surface area (Å²) in [5.41, 5.74) is 6.95. The van der Waals surface area contributed by atoms with Crippen molar-refractivity contribution >= 4 is 68.2 Å². The van der Waals surface area contributed by atoms with Gasteiger partial charge in [0.1, 0.15) is 12.4 Å². The number of benzene rings is 3. The predicted molar refractivity (Wildman–Crippen MR) is 310 cm³/mol. The number of para-hydroxylation sites is 1. The molecule has 4 saturated carbocycles. The number of nitrogens with one attached hydrogen (secondary N) is 2. The van der Waals surface area contributed by atoms with Crippen molar-refractivity contribution in [2.24, 2.45) is 16.2 Å². The molecule has 2 unspecified atom stereocenters. The number of fused-ring (bicyclic) bond motifs is 2. The standard InChI is InChI=1S/C63H70N9O9S/c1-41-47(45-20-21-51(67-55(45)57(77)78)70-27-24-44-12-10-13-46(48(44)32-70)56(76)68-58-66-49-14-7-8-15-50(49)82-58)31-65-72(41)40-62-35-60(2)34-61(3,36-62)38-63(37-60,39-62)81-30-29-69(4)59(79)80-33-43-18-16-42(17-19-43)11-6-5-9-26-64-52(73)25-28-71-53(74)22-23-54(71)75/h7-8,10,12-18,20-23,31H,5-6,9,11,24-30,32-40H2,1-4H3,(H,64,73)(H,77,78)(H,66,68,76). The second-order valence-electron chi connectivity index (χ2n) is 24.2. The molecule has 427 valence electrons. The normalized spacial score (nSPS) is 22.4. The number of likely N-dealkylation sites (N-methyl/N-ethyl adjacent to an activating group) is 1. The van der Waals surface area contributed by atoms with Crippen molar-refractivity contribution in [1.29, 1.82) is 0 Å². The van der Waals surface area contributed by atoms with Crippen LogP contribution in [0.3, 0.4) is 0 Å². The van der Waals surface area contributed by atoms with Gasteiger partial charge in [-0.15, -0.1) is 0 Å². The van der Waals surface area contributed by atoms with Crippen LogP contribution < -0.4 is 15.5 Å². The number of nitrogens with zero attached hydrogens (tertiary/aromatic N) is 7. The molecule has 2 atom stereocenters. The molecule has 5 amide bonds. The highest BCUT2D eigenvalue weighted by Gasteiger charge is 2.66. The highest BCUT2D eigenvalue weighted by atomic mass is 32.1. The molecule has 5 heterocycles.